The van der Waals surface area contributed by atoms with Crippen molar-refractivity contribution in [3.05, 3.63) is 54.4 Å². The van der Waals surface area contributed by atoms with Crippen LogP contribution < -0.4 is 15.2 Å². The Morgan fingerprint density at radius 3 is 2.68 bits per heavy atom. The zero-order chi connectivity index (χ0) is 13.1. The van der Waals surface area contributed by atoms with E-state index >= 15 is 0 Å². The summed E-state index contributed by atoms with van der Waals surface area (Å²) in [6, 6.07) is 11.5. The fourth-order valence-electron chi connectivity index (χ4n) is 2.17. The van der Waals surface area contributed by atoms with Crippen molar-refractivity contribution in [2.75, 3.05) is 6.61 Å². The number of nitrogens with two attached hydrogens (primary N) is 1. The molecule has 2 heterocycles. The van der Waals surface area contributed by atoms with Crippen LogP contribution in [-0.2, 0) is 6.42 Å². The van der Waals surface area contributed by atoms with Crippen LogP contribution in [-0.4, -0.2) is 23.7 Å². The molecule has 2 aromatic rings. The third-order valence-corrected chi connectivity index (χ3v) is 3.23. The average molecular weight is 256 g/mol. The van der Waals surface area contributed by atoms with Crippen molar-refractivity contribution in [3.63, 3.8) is 0 Å². The second-order valence-corrected chi connectivity index (χ2v) is 4.64. The Bertz CT molecular complexity index is 545. The molecular formula is C15H16N2O2. The normalized spacial score (nSPS) is 18.9. The van der Waals surface area contributed by atoms with Crippen LogP contribution in [0, 0.1) is 0 Å². The third-order valence-electron chi connectivity index (χ3n) is 3.23. The predicted molar refractivity (Wildman–Crippen MR) is 72.3 cm³/mol. The van der Waals surface area contributed by atoms with E-state index in [1.807, 2.05) is 36.4 Å². The van der Waals surface area contributed by atoms with E-state index in [1.54, 1.807) is 12.4 Å². The Labute approximate surface area is 112 Å². The summed E-state index contributed by atoms with van der Waals surface area (Å²) in [6.45, 7) is 0.489. The topological polar surface area (TPSA) is 57.4 Å². The predicted octanol–water partition coefficient (Wildman–Crippen LogP) is 1.79. The van der Waals surface area contributed by atoms with E-state index in [0.29, 0.717) is 6.61 Å². The number of para-hydroxylation sites is 2. The first kappa shape index (κ1) is 12.0. The molecule has 4 heteroatoms. The van der Waals surface area contributed by atoms with E-state index in [2.05, 4.69) is 4.98 Å². The van der Waals surface area contributed by atoms with Crippen molar-refractivity contribution in [2.24, 2.45) is 5.73 Å². The van der Waals surface area contributed by atoms with Gasteiger partial charge in [-0.15, -0.1) is 0 Å². The first-order valence-corrected chi connectivity index (χ1v) is 6.36. The van der Waals surface area contributed by atoms with Crippen LogP contribution in [0.4, 0.5) is 0 Å². The van der Waals surface area contributed by atoms with E-state index in [4.69, 9.17) is 15.2 Å². The van der Waals surface area contributed by atoms with Gasteiger partial charge in [-0.25, -0.2) is 0 Å². The summed E-state index contributed by atoms with van der Waals surface area (Å²) < 4.78 is 11.6. The van der Waals surface area contributed by atoms with Gasteiger partial charge in [0.15, 0.2) is 11.5 Å². The van der Waals surface area contributed by atoms with Crippen molar-refractivity contribution in [3.8, 4) is 11.5 Å². The highest BCUT2D eigenvalue weighted by Gasteiger charge is 2.26. The number of nitrogens with zero attached hydrogens (tertiary/aromatic N) is 1. The van der Waals surface area contributed by atoms with E-state index in [-0.39, 0.29) is 12.1 Å². The highest BCUT2D eigenvalue weighted by molar-refractivity contribution is 5.40. The lowest BCUT2D eigenvalue weighted by molar-refractivity contribution is 0.0723. The molecule has 1 aliphatic heterocycles. The third kappa shape index (κ3) is 2.69. The molecule has 1 aliphatic rings. The quantitative estimate of drug-likeness (QED) is 0.909. The molecule has 1 aromatic carbocycles. The van der Waals surface area contributed by atoms with Crippen molar-refractivity contribution in [1.29, 1.82) is 0 Å². The standard InChI is InChI=1S/C15H16N2O2/c16-12(9-11-5-7-17-8-6-11)15-10-18-13-3-1-2-4-14(13)19-15/h1-8,12,15H,9-10,16H2/t12-,15+/m1/s1. The molecule has 0 bridgehead atoms. The largest absolute Gasteiger partial charge is 0.486 e. The molecule has 0 aliphatic carbocycles. The van der Waals surface area contributed by atoms with Crippen LogP contribution in [0.3, 0.4) is 0 Å². The average Bonchev–Trinajstić information content (AvgIpc) is 2.48. The number of rotatable bonds is 3. The van der Waals surface area contributed by atoms with Gasteiger partial charge in [-0.05, 0) is 36.2 Å². The number of aromatic nitrogens is 1. The van der Waals surface area contributed by atoms with E-state index in [0.717, 1.165) is 23.5 Å². The molecule has 0 fully saturated rings. The second-order valence-electron chi connectivity index (χ2n) is 4.64. The van der Waals surface area contributed by atoms with Gasteiger partial charge in [-0.2, -0.15) is 0 Å². The molecule has 3 rings (SSSR count). The summed E-state index contributed by atoms with van der Waals surface area (Å²) in [7, 11) is 0. The van der Waals surface area contributed by atoms with Gasteiger partial charge < -0.3 is 15.2 Å². The minimum absolute atomic E-state index is 0.101. The van der Waals surface area contributed by atoms with E-state index < -0.39 is 0 Å². The Hall–Kier alpha value is -2.07. The molecule has 19 heavy (non-hydrogen) atoms. The Kier molecular flexibility index (Phi) is 3.33. The van der Waals surface area contributed by atoms with Crippen molar-refractivity contribution in [2.45, 2.75) is 18.6 Å². The molecule has 2 N–H and O–H groups in total. The van der Waals surface area contributed by atoms with Gasteiger partial charge in [0.05, 0.1) is 0 Å². The number of hydrogen-bond donors (Lipinski definition) is 1. The summed E-state index contributed by atoms with van der Waals surface area (Å²) in [5.74, 6) is 1.55. The van der Waals surface area contributed by atoms with Crippen molar-refractivity contribution < 1.29 is 9.47 Å². The zero-order valence-electron chi connectivity index (χ0n) is 10.5. The Morgan fingerprint density at radius 2 is 1.89 bits per heavy atom. The molecule has 1 aromatic heterocycles. The molecule has 0 radical (unpaired) electrons. The molecule has 0 saturated heterocycles. The summed E-state index contributed by atoms with van der Waals surface area (Å²) in [4.78, 5) is 4.00. The number of ether oxygens (including phenoxy) is 2. The van der Waals surface area contributed by atoms with Crippen LogP contribution >= 0.6 is 0 Å². The van der Waals surface area contributed by atoms with Crippen molar-refractivity contribution >= 4 is 0 Å². The van der Waals surface area contributed by atoms with Crippen LogP contribution in [0.15, 0.2) is 48.8 Å². The summed E-state index contributed by atoms with van der Waals surface area (Å²) in [5, 5.41) is 0. The molecule has 0 unspecified atom stereocenters. The molecule has 0 saturated carbocycles. The molecule has 0 spiro atoms. The lowest BCUT2D eigenvalue weighted by Gasteiger charge is -2.30. The highest BCUT2D eigenvalue weighted by atomic mass is 16.6. The van der Waals surface area contributed by atoms with Gasteiger partial charge in [0.25, 0.3) is 0 Å². The van der Waals surface area contributed by atoms with Crippen LogP contribution in [0.5, 0.6) is 11.5 Å². The maximum absolute atomic E-state index is 6.21. The maximum atomic E-state index is 6.21. The maximum Gasteiger partial charge on any atom is 0.161 e. The molecule has 4 nitrogen and oxygen atoms in total. The summed E-state index contributed by atoms with van der Waals surface area (Å²) >= 11 is 0. The van der Waals surface area contributed by atoms with Crippen LogP contribution in [0.25, 0.3) is 0 Å². The van der Waals surface area contributed by atoms with Crippen LogP contribution in [0.1, 0.15) is 5.56 Å². The lowest BCUT2D eigenvalue weighted by atomic mass is 10.0. The Balaban J connectivity index is 1.68. The number of hydrogen-bond acceptors (Lipinski definition) is 4. The molecule has 0 amide bonds. The van der Waals surface area contributed by atoms with Crippen LogP contribution in [0.2, 0.25) is 0 Å². The van der Waals surface area contributed by atoms with Crippen molar-refractivity contribution in [1.82, 2.24) is 4.98 Å². The molecule has 98 valence electrons. The Morgan fingerprint density at radius 1 is 1.16 bits per heavy atom. The fraction of sp³-hybridized carbons (Fsp3) is 0.267. The van der Waals surface area contributed by atoms with E-state index in [1.165, 1.54) is 0 Å². The smallest absolute Gasteiger partial charge is 0.161 e. The summed E-state index contributed by atoms with van der Waals surface area (Å²) in [5.41, 5.74) is 7.37. The fourth-order valence-corrected chi connectivity index (χ4v) is 2.17. The second kappa shape index (κ2) is 5.28. The minimum atomic E-state index is -0.122. The first-order chi connectivity index (χ1) is 9.33. The molecular weight excluding hydrogens is 240 g/mol. The van der Waals surface area contributed by atoms with Gasteiger partial charge in [-0.3, -0.25) is 4.98 Å². The van der Waals surface area contributed by atoms with Gasteiger partial charge >= 0.3 is 0 Å². The number of pyridine rings is 1. The van der Waals surface area contributed by atoms with E-state index in [9.17, 15) is 0 Å². The molecule has 2 atom stereocenters. The van der Waals surface area contributed by atoms with Gasteiger partial charge in [0.2, 0.25) is 0 Å². The highest BCUT2D eigenvalue weighted by Crippen LogP contribution is 2.31. The van der Waals surface area contributed by atoms with Gasteiger partial charge in [-0.1, -0.05) is 12.1 Å². The monoisotopic (exact) mass is 256 g/mol. The van der Waals surface area contributed by atoms with Gasteiger partial charge in [0.1, 0.15) is 12.7 Å². The SMILES string of the molecule is N[C@H](Cc1ccncc1)[C@@H]1COc2ccccc2O1. The lowest BCUT2D eigenvalue weighted by Crippen LogP contribution is -2.46. The minimum Gasteiger partial charge on any atom is -0.486 e. The number of fused-ring (bicyclic) bond motifs is 1. The van der Waals surface area contributed by atoms with Gasteiger partial charge in [0, 0.05) is 18.4 Å². The first-order valence-electron chi connectivity index (χ1n) is 6.36. The number of benzene rings is 1. The summed E-state index contributed by atoms with van der Waals surface area (Å²) in [6.07, 6.45) is 4.17. The zero-order valence-corrected chi connectivity index (χ0v) is 10.5.